The third-order valence-electron chi connectivity index (χ3n) is 3.13. The van der Waals surface area contributed by atoms with E-state index in [1.807, 2.05) is 18.2 Å². The van der Waals surface area contributed by atoms with Crippen LogP contribution in [0.2, 0.25) is 0 Å². The van der Waals surface area contributed by atoms with E-state index in [1.165, 1.54) is 0 Å². The molecule has 0 aliphatic heterocycles. The van der Waals surface area contributed by atoms with Gasteiger partial charge in [-0.05, 0) is 68.9 Å². The molecule has 0 saturated heterocycles. The van der Waals surface area contributed by atoms with Gasteiger partial charge in [-0.15, -0.1) is 11.3 Å². The summed E-state index contributed by atoms with van der Waals surface area (Å²) >= 11 is 8.67. The van der Waals surface area contributed by atoms with Crippen LogP contribution in [0.3, 0.4) is 0 Å². The average molecular weight is 421 g/mol. The van der Waals surface area contributed by atoms with E-state index >= 15 is 0 Å². The highest BCUT2D eigenvalue weighted by atomic mass is 79.9. The smallest absolute Gasteiger partial charge is 0.131 e. The van der Waals surface area contributed by atoms with Crippen LogP contribution in [0.4, 0.5) is 4.39 Å². The van der Waals surface area contributed by atoms with Crippen molar-refractivity contribution in [3.63, 3.8) is 0 Å². The first kappa shape index (κ1) is 16.1. The van der Waals surface area contributed by atoms with Crippen molar-refractivity contribution in [3.8, 4) is 0 Å². The Kier molecular flexibility index (Phi) is 5.78. The molecule has 5 heteroatoms. The maximum absolute atomic E-state index is 14.4. The largest absolute Gasteiger partial charge is 0.306 e. The van der Waals surface area contributed by atoms with E-state index in [1.54, 1.807) is 24.3 Å². The van der Waals surface area contributed by atoms with Crippen molar-refractivity contribution < 1.29 is 4.39 Å². The molecule has 108 valence electrons. The normalized spacial score (nSPS) is 12.7. The van der Waals surface area contributed by atoms with Crippen LogP contribution in [0.5, 0.6) is 0 Å². The van der Waals surface area contributed by atoms with E-state index < -0.39 is 0 Å². The quantitative estimate of drug-likeness (QED) is 0.643. The number of nitrogens with one attached hydrogen (secondary N) is 1. The van der Waals surface area contributed by atoms with Gasteiger partial charge >= 0.3 is 0 Å². The summed E-state index contributed by atoms with van der Waals surface area (Å²) in [5.41, 5.74) is 2.44. The molecule has 0 radical (unpaired) electrons. The van der Waals surface area contributed by atoms with Gasteiger partial charge in [-0.1, -0.05) is 25.1 Å². The van der Waals surface area contributed by atoms with Crippen LogP contribution in [-0.2, 0) is 0 Å². The Labute approximate surface area is 139 Å². The average Bonchev–Trinajstić information content (AvgIpc) is 2.74. The molecule has 0 bridgehead atoms. The number of aryl methyl sites for hydroxylation is 1. The van der Waals surface area contributed by atoms with Crippen molar-refractivity contribution >= 4 is 43.2 Å². The Bertz CT molecular complexity index is 598. The van der Waals surface area contributed by atoms with Gasteiger partial charge < -0.3 is 5.32 Å². The van der Waals surface area contributed by atoms with Crippen LogP contribution >= 0.6 is 43.2 Å². The molecule has 0 amide bonds. The molecule has 1 atom stereocenters. The highest BCUT2D eigenvalue weighted by molar-refractivity contribution is 9.12. The number of halogens is 3. The van der Waals surface area contributed by atoms with Gasteiger partial charge in [0, 0.05) is 5.56 Å². The molecule has 1 aromatic carbocycles. The van der Waals surface area contributed by atoms with Gasteiger partial charge in [-0.25, -0.2) is 4.39 Å². The SMILES string of the molecule is CCCNC(c1cc(Br)sc1Br)c1cccc(C)c1F. The van der Waals surface area contributed by atoms with Gasteiger partial charge in [-0.3, -0.25) is 0 Å². The number of hydrogen-bond acceptors (Lipinski definition) is 2. The molecule has 0 spiro atoms. The lowest BCUT2D eigenvalue weighted by molar-refractivity contribution is 0.542. The molecule has 1 heterocycles. The van der Waals surface area contributed by atoms with Crippen molar-refractivity contribution in [2.24, 2.45) is 0 Å². The van der Waals surface area contributed by atoms with Crippen molar-refractivity contribution in [1.29, 1.82) is 0 Å². The zero-order valence-corrected chi connectivity index (χ0v) is 15.3. The van der Waals surface area contributed by atoms with Crippen LogP contribution in [-0.4, -0.2) is 6.54 Å². The van der Waals surface area contributed by atoms with Crippen LogP contribution in [0.15, 0.2) is 31.8 Å². The van der Waals surface area contributed by atoms with Crippen LogP contribution in [0, 0.1) is 12.7 Å². The fraction of sp³-hybridized carbons (Fsp3) is 0.333. The van der Waals surface area contributed by atoms with E-state index in [4.69, 9.17) is 0 Å². The van der Waals surface area contributed by atoms with Crippen molar-refractivity contribution in [2.75, 3.05) is 6.54 Å². The van der Waals surface area contributed by atoms with E-state index in [0.29, 0.717) is 11.1 Å². The summed E-state index contributed by atoms with van der Waals surface area (Å²) in [4.78, 5) is 0. The molecule has 1 unspecified atom stereocenters. The van der Waals surface area contributed by atoms with Gasteiger partial charge in [0.25, 0.3) is 0 Å². The summed E-state index contributed by atoms with van der Waals surface area (Å²) in [6.45, 7) is 4.75. The van der Waals surface area contributed by atoms with Crippen molar-refractivity contribution in [3.05, 3.63) is 54.3 Å². The number of rotatable bonds is 5. The fourth-order valence-electron chi connectivity index (χ4n) is 2.12. The van der Waals surface area contributed by atoms with Gasteiger partial charge in [0.2, 0.25) is 0 Å². The first-order chi connectivity index (χ1) is 9.54. The van der Waals surface area contributed by atoms with Gasteiger partial charge in [0.1, 0.15) is 5.82 Å². The predicted octanol–water partition coefficient (Wildman–Crippen LogP) is 5.81. The summed E-state index contributed by atoms with van der Waals surface area (Å²) in [6, 6.07) is 7.47. The summed E-state index contributed by atoms with van der Waals surface area (Å²) in [6.07, 6.45) is 1.01. The lowest BCUT2D eigenvalue weighted by atomic mass is 9.98. The highest BCUT2D eigenvalue weighted by Crippen LogP contribution is 2.38. The molecule has 1 aromatic heterocycles. The molecule has 1 N–H and O–H groups in total. The molecule has 0 aliphatic carbocycles. The lowest BCUT2D eigenvalue weighted by Crippen LogP contribution is -2.24. The molecule has 20 heavy (non-hydrogen) atoms. The number of hydrogen-bond donors (Lipinski definition) is 1. The van der Waals surface area contributed by atoms with Crippen LogP contribution in [0.25, 0.3) is 0 Å². The van der Waals surface area contributed by atoms with E-state index in [-0.39, 0.29) is 11.9 Å². The fourth-order valence-corrected chi connectivity index (χ4v) is 5.02. The second kappa shape index (κ2) is 7.16. The van der Waals surface area contributed by atoms with Gasteiger partial charge in [0.15, 0.2) is 0 Å². The van der Waals surface area contributed by atoms with Gasteiger partial charge in [-0.2, -0.15) is 0 Å². The van der Waals surface area contributed by atoms with E-state index in [0.717, 1.165) is 26.1 Å². The highest BCUT2D eigenvalue weighted by Gasteiger charge is 2.22. The Morgan fingerprint density at radius 1 is 1.30 bits per heavy atom. The lowest BCUT2D eigenvalue weighted by Gasteiger charge is -2.20. The molecule has 0 saturated carbocycles. The monoisotopic (exact) mass is 419 g/mol. The minimum atomic E-state index is -0.133. The first-order valence-electron chi connectivity index (χ1n) is 6.47. The maximum atomic E-state index is 14.4. The summed E-state index contributed by atoms with van der Waals surface area (Å²) in [5.74, 6) is -0.129. The standard InChI is InChI=1S/C15H16Br2FNS/c1-3-7-19-14(11-8-12(16)20-15(11)17)10-6-4-5-9(2)13(10)18/h4-6,8,14,19H,3,7H2,1-2H3. The van der Waals surface area contributed by atoms with Gasteiger partial charge in [0.05, 0.1) is 13.6 Å². The zero-order chi connectivity index (χ0) is 14.7. The van der Waals surface area contributed by atoms with Crippen LogP contribution in [0.1, 0.15) is 36.1 Å². The zero-order valence-electron chi connectivity index (χ0n) is 11.3. The van der Waals surface area contributed by atoms with Crippen LogP contribution < -0.4 is 5.32 Å². The molecule has 2 rings (SSSR count). The van der Waals surface area contributed by atoms with E-state index in [2.05, 4.69) is 44.1 Å². The predicted molar refractivity (Wildman–Crippen MR) is 91.0 cm³/mol. The molecular weight excluding hydrogens is 405 g/mol. The Balaban J connectivity index is 2.47. The topological polar surface area (TPSA) is 12.0 Å². The van der Waals surface area contributed by atoms with E-state index in [9.17, 15) is 4.39 Å². The second-order valence-corrected chi connectivity index (χ2v) is 8.39. The first-order valence-corrected chi connectivity index (χ1v) is 8.88. The molecular formula is C15H16Br2FNS. The molecule has 2 aromatic rings. The third kappa shape index (κ3) is 3.50. The number of thiophene rings is 1. The summed E-state index contributed by atoms with van der Waals surface area (Å²) in [7, 11) is 0. The Morgan fingerprint density at radius 3 is 2.65 bits per heavy atom. The van der Waals surface area contributed by atoms with Crippen molar-refractivity contribution in [2.45, 2.75) is 26.3 Å². The minimum Gasteiger partial charge on any atom is -0.306 e. The Morgan fingerprint density at radius 2 is 2.05 bits per heavy atom. The number of benzene rings is 1. The maximum Gasteiger partial charge on any atom is 0.131 e. The summed E-state index contributed by atoms with van der Waals surface area (Å²) < 4.78 is 16.5. The molecule has 0 fully saturated rings. The van der Waals surface area contributed by atoms with Crippen molar-refractivity contribution in [1.82, 2.24) is 5.32 Å². The molecule has 1 nitrogen and oxygen atoms in total. The second-order valence-electron chi connectivity index (χ2n) is 4.64. The Hall–Kier alpha value is -0.230. The summed E-state index contributed by atoms with van der Waals surface area (Å²) in [5, 5.41) is 3.44. The third-order valence-corrected chi connectivity index (χ3v) is 5.51. The minimum absolute atomic E-state index is 0.129. The molecule has 0 aliphatic rings.